The van der Waals surface area contributed by atoms with Crippen LogP contribution in [-0.4, -0.2) is 30.7 Å². The van der Waals surface area contributed by atoms with Crippen molar-refractivity contribution < 1.29 is 14.3 Å². The first kappa shape index (κ1) is 20.2. The largest absolute Gasteiger partial charge is 0.497 e. The van der Waals surface area contributed by atoms with Crippen molar-refractivity contribution in [1.82, 2.24) is 4.98 Å². The maximum Gasteiger partial charge on any atom is 0.256 e. The van der Waals surface area contributed by atoms with Crippen molar-refractivity contribution in [2.45, 2.75) is 39.3 Å². The molecule has 30 heavy (non-hydrogen) atoms. The quantitative estimate of drug-likeness (QED) is 0.698. The zero-order valence-electron chi connectivity index (χ0n) is 17.5. The van der Waals surface area contributed by atoms with Crippen LogP contribution in [0.1, 0.15) is 29.5 Å². The molecule has 1 N–H and O–H groups in total. The molecule has 0 radical (unpaired) electrons. The second-order valence-electron chi connectivity index (χ2n) is 7.79. The number of aromatic nitrogens is 1. The molecule has 1 atom stereocenters. The molecule has 2 aromatic carbocycles. The number of amides is 1. The Morgan fingerprint density at radius 2 is 2.03 bits per heavy atom. The van der Waals surface area contributed by atoms with Gasteiger partial charge in [0.25, 0.3) is 11.5 Å². The van der Waals surface area contributed by atoms with Crippen LogP contribution in [0.3, 0.4) is 0 Å². The van der Waals surface area contributed by atoms with E-state index in [1.807, 2.05) is 50.2 Å². The zero-order chi connectivity index (χ0) is 21.3. The topological polar surface area (TPSA) is 71.6 Å². The van der Waals surface area contributed by atoms with Crippen molar-refractivity contribution in [3.8, 4) is 5.75 Å². The second-order valence-corrected chi connectivity index (χ2v) is 7.79. The summed E-state index contributed by atoms with van der Waals surface area (Å²) in [5, 5.41) is 0.856. The molecule has 1 saturated heterocycles. The fourth-order valence-electron chi connectivity index (χ4n) is 3.98. The van der Waals surface area contributed by atoms with Crippen LogP contribution >= 0.6 is 0 Å². The highest BCUT2D eigenvalue weighted by molar-refractivity contribution is 5.97. The minimum absolute atomic E-state index is 0.107. The number of rotatable bonds is 5. The van der Waals surface area contributed by atoms with E-state index in [-0.39, 0.29) is 18.0 Å². The monoisotopic (exact) mass is 406 g/mol. The lowest BCUT2D eigenvalue weighted by Crippen LogP contribution is -2.40. The van der Waals surface area contributed by atoms with E-state index in [9.17, 15) is 9.59 Å². The SMILES string of the molecule is COc1ccc2[nH]c(=O)c(CN(C(=O)C3CCCO3)c3ccc(C)cc3C)cc2c1. The fraction of sp³-hybridized carbons (Fsp3) is 0.333. The van der Waals surface area contributed by atoms with Crippen LogP contribution in [-0.2, 0) is 16.1 Å². The number of nitrogens with one attached hydrogen (secondary N) is 1. The maximum atomic E-state index is 13.3. The number of nitrogens with zero attached hydrogens (tertiary/aromatic N) is 1. The predicted octanol–water partition coefficient (Wildman–Crippen LogP) is 3.87. The van der Waals surface area contributed by atoms with E-state index in [1.165, 1.54) is 0 Å². The molecule has 0 bridgehead atoms. The second kappa shape index (κ2) is 8.32. The maximum absolute atomic E-state index is 13.3. The number of aromatic amines is 1. The molecule has 1 amide bonds. The standard InChI is InChI=1S/C24H26N2O4/c1-15-6-9-21(16(2)11-15)26(24(28)22-5-4-10-30-22)14-18-12-17-13-19(29-3)7-8-20(17)25-23(18)27/h6-9,11-13,22H,4-5,10,14H2,1-3H3,(H,25,27). The molecule has 0 aliphatic carbocycles. The molecule has 4 rings (SSSR count). The number of carbonyl (C=O) groups is 1. The number of anilines is 1. The number of fused-ring (bicyclic) bond motifs is 1. The number of pyridine rings is 1. The van der Waals surface area contributed by atoms with E-state index in [1.54, 1.807) is 18.1 Å². The van der Waals surface area contributed by atoms with Gasteiger partial charge in [-0.1, -0.05) is 17.7 Å². The van der Waals surface area contributed by atoms with E-state index < -0.39 is 6.10 Å². The molecule has 1 unspecified atom stereocenters. The number of benzene rings is 2. The summed E-state index contributed by atoms with van der Waals surface area (Å²) in [5.74, 6) is 0.603. The highest BCUT2D eigenvalue weighted by atomic mass is 16.5. The van der Waals surface area contributed by atoms with Gasteiger partial charge in [0.05, 0.1) is 13.7 Å². The molecule has 0 saturated carbocycles. The van der Waals surface area contributed by atoms with Gasteiger partial charge in [-0.25, -0.2) is 0 Å². The van der Waals surface area contributed by atoms with Crippen LogP contribution in [0.5, 0.6) is 5.75 Å². The summed E-state index contributed by atoms with van der Waals surface area (Å²) < 4.78 is 11.0. The van der Waals surface area contributed by atoms with Gasteiger partial charge in [0.2, 0.25) is 0 Å². The molecule has 6 nitrogen and oxygen atoms in total. The first-order valence-electron chi connectivity index (χ1n) is 10.2. The minimum atomic E-state index is -0.467. The van der Waals surface area contributed by atoms with Gasteiger partial charge in [-0.2, -0.15) is 0 Å². The Morgan fingerprint density at radius 1 is 1.20 bits per heavy atom. The van der Waals surface area contributed by atoms with E-state index in [0.29, 0.717) is 24.3 Å². The Hall–Kier alpha value is -3.12. The third-order valence-electron chi connectivity index (χ3n) is 5.57. The van der Waals surface area contributed by atoms with Gasteiger partial charge < -0.3 is 19.4 Å². The smallest absolute Gasteiger partial charge is 0.256 e. The third-order valence-corrected chi connectivity index (χ3v) is 5.57. The lowest BCUT2D eigenvalue weighted by molar-refractivity contribution is -0.127. The van der Waals surface area contributed by atoms with Crippen molar-refractivity contribution in [2.24, 2.45) is 0 Å². The number of carbonyl (C=O) groups excluding carboxylic acids is 1. The molecule has 2 heterocycles. The van der Waals surface area contributed by atoms with E-state index in [4.69, 9.17) is 9.47 Å². The van der Waals surface area contributed by atoms with Gasteiger partial charge >= 0.3 is 0 Å². The van der Waals surface area contributed by atoms with Gasteiger partial charge in [0, 0.05) is 28.8 Å². The summed E-state index contributed by atoms with van der Waals surface area (Å²) in [7, 11) is 1.61. The average Bonchev–Trinajstić information content (AvgIpc) is 3.27. The normalized spacial score (nSPS) is 16.0. The number of H-pyrrole nitrogens is 1. The van der Waals surface area contributed by atoms with Crippen molar-refractivity contribution in [2.75, 3.05) is 18.6 Å². The molecule has 156 valence electrons. The van der Waals surface area contributed by atoms with Crippen LogP contribution in [0.25, 0.3) is 10.9 Å². The number of hydrogen-bond acceptors (Lipinski definition) is 4. The predicted molar refractivity (Wildman–Crippen MR) is 117 cm³/mol. The Balaban J connectivity index is 1.76. The van der Waals surface area contributed by atoms with Crippen LogP contribution in [0.2, 0.25) is 0 Å². The average molecular weight is 406 g/mol. The molecular formula is C24H26N2O4. The van der Waals surface area contributed by atoms with E-state index in [0.717, 1.165) is 34.1 Å². The third kappa shape index (κ3) is 3.96. The number of ether oxygens (including phenoxy) is 2. The van der Waals surface area contributed by atoms with Gasteiger partial charge in [-0.15, -0.1) is 0 Å². The molecule has 3 aromatic rings. The Bertz CT molecular complexity index is 1150. The zero-order valence-corrected chi connectivity index (χ0v) is 17.5. The van der Waals surface area contributed by atoms with Crippen LogP contribution in [0, 0.1) is 13.8 Å². The van der Waals surface area contributed by atoms with Gasteiger partial charge in [0.1, 0.15) is 11.9 Å². The van der Waals surface area contributed by atoms with Gasteiger partial charge in [0.15, 0.2) is 0 Å². The summed E-state index contributed by atoms with van der Waals surface area (Å²) >= 11 is 0. The van der Waals surface area contributed by atoms with E-state index >= 15 is 0 Å². The molecule has 6 heteroatoms. The van der Waals surface area contributed by atoms with Crippen molar-refractivity contribution >= 4 is 22.5 Å². The lowest BCUT2D eigenvalue weighted by Gasteiger charge is -2.27. The summed E-state index contributed by atoms with van der Waals surface area (Å²) in [5.41, 5.74) is 3.95. The minimum Gasteiger partial charge on any atom is -0.497 e. The van der Waals surface area contributed by atoms with Crippen LogP contribution < -0.4 is 15.2 Å². The molecule has 1 aliphatic heterocycles. The summed E-state index contributed by atoms with van der Waals surface area (Å²) in [6, 6.07) is 13.3. The van der Waals surface area contributed by atoms with Crippen molar-refractivity contribution in [1.29, 1.82) is 0 Å². The van der Waals surface area contributed by atoms with Crippen molar-refractivity contribution in [3.05, 3.63) is 69.5 Å². The molecule has 1 aromatic heterocycles. The van der Waals surface area contributed by atoms with Crippen LogP contribution in [0.4, 0.5) is 5.69 Å². The Kier molecular flexibility index (Phi) is 5.59. The number of hydrogen-bond donors (Lipinski definition) is 1. The molecule has 1 fully saturated rings. The summed E-state index contributed by atoms with van der Waals surface area (Å²) in [6.45, 7) is 4.76. The molecule has 0 spiro atoms. The summed E-state index contributed by atoms with van der Waals surface area (Å²) in [6.07, 6.45) is 1.10. The Labute approximate surface area is 175 Å². The number of methoxy groups -OCH3 is 1. The molecule has 1 aliphatic rings. The highest BCUT2D eigenvalue weighted by Gasteiger charge is 2.30. The number of aryl methyl sites for hydroxylation is 2. The van der Waals surface area contributed by atoms with Gasteiger partial charge in [-0.3, -0.25) is 9.59 Å². The lowest BCUT2D eigenvalue weighted by atomic mass is 10.1. The van der Waals surface area contributed by atoms with Crippen molar-refractivity contribution in [3.63, 3.8) is 0 Å². The Morgan fingerprint density at radius 3 is 2.73 bits per heavy atom. The van der Waals surface area contributed by atoms with Gasteiger partial charge in [-0.05, 0) is 62.6 Å². The first-order valence-corrected chi connectivity index (χ1v) is 10.2. The molecular weight excluding hydrogens is 380 g/mol. The van der Waals surface area contributed by atoms with Crippen LogP contribution in [0.15, 0.2) is 47.3 Å². The summed E-state index contributed by atoms with van der Waals surface area (Å²) in [4.78, 5) is 30.7. The fourth-order valence-corrected chi connectivity index (χ4v) is 3.98. The highest BCUT2D eigenvalue weighted by Crippen LogP contribution is 2.27. The first-order chi connectivity index (χ1) is 14.5. The van der Waals surface area contributed by atoms with E-state index in [2.05, 4.69) is 4.98 Å².